The molecule has 0 amide bonds. The number of morpholine rings is 1. The van der Waals surface area contributed by atoms with Crippen LogP contribution < -0.4 is 5.32 Å². The van der Waals surface area contributed by atoms with Crippen LogP contribution in [-0.2, 0) is 9.47 Å². The summed E-state index contributed by atoms with van der Waals surface area (Å²) in [5, 5.41) is 3.38. The Morgan fingerprint density at radius 2 is 2.20 bits per heavy atom. The molecule has 146 valence electrons. The minimum Gasteiger partial charge on any atom is -0.379 e. The molecule has 6 nitrogen and oxygen atoms in total. The van der Waals surface area contributed by atoms with E-state index in [1.165, 1.54) is 32.2 Å². The summed E-state index contributed by atoms with van der Waals surface area (Å²) in [4.78, 5) is 9.54. The summed E-state index contributed by atoms with van der Waals surface area (Å²) in [5.41, 5.74) is 0. The summed E-state index contributed by atoms with van der Waals surface area (Å²) in [5.74, 6) is 1.79. The van der Waals surface area contributed by atoms with Crippen molar-refractivity contribution >= 4 is 29.9 Å². The first-order valence-corrected chi connectivity index (χ1v) is 9.69. The van der Waals surface area contributed by atoms with Gasteiger partial charge in [0.2, 0.25) is 0 Å². The lowest BCUT2D eigenvalue weighted by atomic mass is 10.2. The smallest absolute Gasteiger partial charge is 0.193 e. The quantitative estimate of drug-likeness (QED) is 0.256. The van der Waals surface area contributed by atoms with Crippen molar-refractivity contribution in [1.82, 2.24) is 15.1 Å². The molecular weight excluding hydrogens is 431 g/mol. The van der Waals surface area contributed by atoms with Crippen molar-refractivity contribution in [3.63, 3.8) is 0 Å². The molecule has 0 radical (unpaired) electrons. The Hall–Kier alpha value is -0.120. The van der Waals surface area contributed by atoms with Crippen LogP contribution in [0.4, 0.5) is 0 Å². The predicted molar refractivity (Wildman–Crippen MR) is 112 cm³/mol. The SMILES string of the molecule is CCNC(=NCC1CN2CCCC2CO1)N(C)CCOCC1CC1.I. The zero-order chi connectivity index (χ0) is 16.8. The molecule has 2 unspecified atom stereocenters. The molecule has 2 aliphatic heterocycles. The Morgan fingerprint density at radius 3 is 2.96 bits per heavy atom. The van der Waals surface area contributed by atoms with E-state index in [4.69, 9.17) is 14.5 Å². The van der Waals surface area contributed by atoms with Gasteiger partial charge in [-0.3, -0.25) is 9.89 Å². The molecule has 3 fully saturated rings. The standard InChI is InChI=1S/C18H34N4O2.HI/c1-3-19-18(21(2)9-10-23-13-15-6-7-15)20-11-17-12-22-8-4-5-16(22)14-24-17;/h15-17H,3-14H2,1-2H3,(H,19,20);1H. The van der Waals surface area contributed by atoms with E-state index in [0.29, 0.717) is 6.04 Å². The molecule has 0 aromatic carbocycles. The van der Waals surface area contributed by atoms with E-state index in [9.17, 15) is 0 Å². The number of rotatable bonds is 8. The Morgan fingerprint density at radius 1 is 1.36 bits per heavy atom. The minimum absolute atomic E-state index is 0. The van der Waals surface area contributed by atoms with Gasteiger partial charge in [0, 0.05) is 39.3 Å². The second kappa shape index (κ2) is 10.9. The fourth-order valence-corrected chi connectivity index (χ4v) is 3.50. The number of guanidine groups is 1. The number of hydrogen-bond acceptors (Lipinski definition) is 4. The highest BCUT2D eigenvalue weighted by Crippen LogP contribution is 2.28. The van der Waals surface area contributed by atoms with Gasteiger partial charge in [-0.05, 0) is 45.1 Å². The van der Waals surface area contributed by atoms with Crippen molar-refractivity contribution in [2.75, 3.05) is 59.6 Å². The zero-order valence-electron chi connectivity index (χ0n) is 15.8. The molecule has 7 heteroatoms. The fraction of sp³-hybridized carbons (Fsp3) is 0.944. The van der Waals surface area contributed by atoms with Crippen molar-refractivity contribution in [3.8, 4) is 0 Å². The number of hydrogen-bond donors (Lipinski definition) is 1. The first kappa shape index (κ1) is 21.2. The van der Waals surface area contributed by atoms with E-state index in [-0.39, 0.29) is 30.1 Å². The van der Waals surface area contributed by atoms with Gasteiger partial charge in [-0.15, -0.1) is 24.0 Å². The van der Waals surface area contributed by atoms with Gasteiger partial charge in [-0.1, -0.05) is 0 Å². The van der Waals surface area contributed by atoms with Crippen molar-refractivity contribution in [2.45, 2.75) is 44.8 Å². The summed E-state index contributed by atoms with van der Waals surface area (Å²) in [7, 11) is 2.08. The number of ether oxygens (including phenoxy) is 2. The van der Waals surface area contributed by atoms with Crippen LogP contribution in [-0.4, -0.2) is 87.5 Å². The maximum Gasteiger partial charge on any atom is 0.193 e. The van der Waals surface area contributed by atoms with Crippen molar-refractivity contribution in [3.05, 3.63) is 0 Å². The van der Waals surface area contributed by atoms with Gasteiger partial charge >= 0.3 is 0 Å². The third-order valence-electron chi connectivity index (χ3n) is 5.22. The van der Waals surface area contributed by atoms with Gasteiger partial charge in [-0.25, -0.2) is 0 Å². The van der Waals surface area contributed by atoms with E-state index in [0.717, 1.165) is 57.9 Å². The van der Waals surface area contributed by atoms with Crippen LogP contribution in [0, 0.1) is 5.92 Å². The Labute approximate surface area is 169 Å². The second-order valence-corrected chi connectivity index (χ2v) is 7.38. The van der Waals surface area contributed by atoms with Gasteiger partial charge in [0.1, 0.15) is 0 Å². The molecule has 1 N–H and O–H groups in total. The third-order valence-corrected chi connectivity index (χ3v) is 5.22. The predicted octanol–water partition coefficient (Wildman–Crippen LogP) is 1.79. The molecule has 2 atom stereocenters. The molecule has 2 heterocycles. The highest BCUT2D eigenvalue weighted by molar-refractivity contribution is 14.0. The monoisotopic (exact) mass is 466 g/mol. The molecule has 1 aliphatic carbocycles. The van der Waals surface area contributed by atoms with E-state index in [1.807, 2.05) is 0 Å². The second-order valence-electron chi connectivity index (χ2n) is 7.38. The normalized spacial score (nSPS) is 26.9. The van der Waals surface area contributed by atoms with Gasteiger partial charge < -0.3 is 19.7 Å². The lowest BCUT2D eigenvalue weighted by Crippen LogP contribution is -2.48. The van der Waals surface area contributed by atoms with Gasteiger partial charge in [0.05, 0.1) is 25.9 Å². The first-order chi connectivity index (χ1) is 11.8. The Kier molecular flexibility index (Phi) is 9.23. The number of aliphatic imine (C=N–C) groups is 1. The lowest BCUT2D eigenvalue weighted by molar-refractivity contribution is -0.0432. The van der Waals surface area contributed by atoms with Crippen LogP contribution >= 0.6 is 24.0 Å². The molecular formula is C18H35IN4O2. The van der Waals surface area contributed by atoms with Crippen molar-refractivity contribution in [1.29, 1.82) is 0 Å². The molecule has 0 aromatic heterocycles. The maximum absolute atomic E-state index is 6.01. The van der Waals surface area contributed by atoms with Crippen LogP contribution in [0.5, 0.6) is 0 Å². The molecule has 1 saturated carbocycles. The van der Waals surface area contributed by atoms with Gasteiger partial charge in [-0.2, -0.15) is 0 Å². The van der Waals surface area contributed by atoms with Crippen molar-refractivity contribution in [2.24, 2.45) is 10.9 Å². The zero-order valence-corrected chi connectivity index (χ0v) is 18.1. The molecule has 0 bridgehead atoms. The Balaban J connectivity index is 0.00000225. The van der Waals surface area contributed by atoms with Gasteiger partial charge in [0.25, 0.3) is 0 Å². The third kappa shape index (κ3) is 6.84. The van der Waals surface area contributed by atoms with Crippen LogP contribution in [0.1, 0.15) is 32.6 Å². The number of halogens is 1. The summed E-state index contributed by atoms with van der Waals surface area (Å²) in [6, 6.07) is 0.657. The maximum atomic E-state index is 6.01. The summed E-state index contributed by atoms with van der Waals surface area (Å²) in [6.07, 6.45) is 5.53. The van der Waals surface area contributed by atoms with Crippen molar-refractivity contribution < 1.29 is 9.47 Å². The van der Waals surface area contributed by atoms with Crippen LogP contribution in [0.15, 0.2) is 4.99 Å². The largest absolute Gasteiger partial charge is 0.379 e. The molecule has 2 saturated heterocycles. The topological polar surface area (TPSA) is 49.3 Å². The van der Waals surface area contributed by atoms with E-state index >= 15 is 0 Å². The number of nitrogens with zero attached hydrogens (tertiary/aromatic N) is 3. The molecule has 25 heavy (non-hydrogen) atoms. The number of likely N-dealkylation sites (N-methyl/N-ethyl adjacent to an activating group) is 1. The summed E-state index contributed by atoms with van der Waals surface area (Å²) in [6.45, 7) is 9.43. The average Bonchev–Trinajstić information content (AvgIpc) is 3.30. The van der Waals surface area contributed by atoms with E-state index < -0.39 is 0 Å². The molecule has 3 aliphatic rings. The van der Waals surface area contributed by atoms with E-state index in [1.54, 1.807) is 0 Å². The summed E-state index contributed by atoms with van der Waals surface area (Å²) >= 11 is 0. The van der Waals surface area contributed by atoms with Crippen LogP contribution in [0.25, 0.3) is 0 Å². The lowest BCUT2D eigenvalue weighted by Gasteiger charge is -2.34. The molecule has 0 spiro atoms. The highest BCUT2D eigenvalue weighted by Gasteiger charge is 2.32. The number of fused-ring (bicyclic) bond motifs is 1. The average molecular weight is 466 g/mol. The highest BCUT2D eigenvalue weighted by atomic mass is 127. The van der Waals surface area contributed by atoms with E-state index in [2.05, 4.69) is 29.1 Å². The molecule has 3 rings (SSSR count). The van der Waals surface area contributed by atoms with Crippen LogP contribution in [0.2, 0.25) is 0 Å². The minimum atomic E-state index is 0. The fourth-order valence-electron chi connectivity index (χ4n) is 3.50. The first-order valence-electron chi connectivity index (χ1n) is 9.69. The van der Waals surface area contributed by atoms with Crippen LogP contribution in [0.3, 0.4) is 0 Å². The van der Waals surface area contributed by atoms with Gasteiger partial charge in [0.15, 0.2) is 5.96 Å². The number of nitrogens with one attached hydrogen (secondary N) is 1. The molecule has 0 aromatic rings. The summed E-state index contributed by atoms with van der Waals surface area (Å²) < 4.78 is 11.8. The Bertz CT molecular complexity index is 420.